The van der Waals surface area contributed by atoms with Gasteiger partial charge in [-0.15, -0.1) is 6.42 Å². The number of aromatic nitrogens is 2. The Hall–Kier alpha value is -7.54. The summed E-state index contributed by atoms with van der Waals surface area (Å²) < 4.78 is 11.4. The van der Waals surface area contributed by atoms with Gasteiger partial charge in [0, 0.05) is 38.5 Å². The Morgan fingerprint density at radius 3 is 1.67 bits per heavy atom. The molecule has 0 N–H and O–H groups in total. The van der Waals surface area contributed by atoms with E-state index in [9.17, 15) is 0 Å². The number of hydrogen-bond donors (Lipinski definition) is 0. The molecule has 268 valence electrons. The lowest BCUT2D eigenvalue weighted by Gasteiger charge is -2.23. The van der Waals surface area contributed by atoms with Gasteiger partial charge in [0.15, 0.2) is 0 Å². The highest BCUT2D eigenvalue weighted by atomic mass is 16.5. The predicted octanol–water partition coefficient (Wildman–Crippen LogP) is 13.9. The van der Waals surface area contributed by atoms with E-state index in [2.05, 4.69) is 180 Å². The van der Waals surface area contributed by atoms with Crippen LogP contribution in [0.2, 0.25) is 0 Å². The van der Waals surface area contributed by atoms with Crippen LogP contribution in [0.15, 0.2) is 176 Å². The number of fused-ring (bicyclic) bond motifs is 9. The molecular weight excluding hydrogens is 693 g/mol. The van der Waals surface area contributed by atoms with Crippen LogP contribution >= 0.6 is 0 Å². The molecule has 8 aromatic carbocycles. The summed E-state index contributed by atoms with van der Waals surface area (Å²) in [5.41, 5.74) is 17.3. The van der Waals surface area contributed by atoms with Gasteiger partial charge in [-0.25, -0.2) is 0 Å². The Balaban J connectivity index is 0.997. The van der Waals surface area contributed by atoms with Gasteiger partial charge >= 0.3 is 0 Å². The van der Waals surface area contributed by atoms with E-state index in [4.69, 9.17) is 11.2 Å². The summed E-state index contributed by atoms with van der Waals surface area (Å²) in [6, 6.07) is 60.4. The number of para-hydroxylation sites is 2. The van der Waals surface area contributed by atoms with Crippen molar-refractivity contribution in [2.75, 3.05) is 0 Å². The molecule has 2 heterocycles. The van der Waals surface area contributed by atoms with Crippen molar-refractivity contribution >= 4 is 49.2 Å². The van der Waals surface area contributed by atoms with Crippen molar-refractivity contribution in [1.29, 1.82) is 0 Å². The third kappa shape index (κ3) is 5.15. The van der Waals surface area contributed by atoms with Gasteiger partial charge in [-0.1, -0.05) is 103 Å². The Labute approximate surface area is 331 Å². The molecule has 1 aliphatic carbocycles. The van der Waals surface area contributed by atoms with Gasteiger partial charge in [-0.2, -0.15) is 0 Å². The molecule has 0 saturated heterocycles. The van der Waals surface area contributed by atoms with Gasteiger partial charge in [-0.05, 0) is 137 Å². The van der Waals surface area contributed by atoms with E-state index in [1.165, 1.54) is 44.2 Å². The lowest BCUT2D eigenvalue weighted by molar-refractivity contribution is 0.484. The van der Waals surface area contributed by atoms with E-state index < -0.39 is 0 Å². The van der Waals surface area contributed by atoms with Crippen molar-refractivity contribution in [3.05, 3.63) is 199 Å². The standard InChI is InChI=1S/C54H36N2O/c1-4-36-13-5-6-15-43(36)47-30-38(23-21-34(47)2)55-51-19-11-9-17-45(51)49-32-40(25-27-53(49)55)57-41-26-28-54-50(33-41)46-18-10-12-20-52(46)56(54)39-24-22-37-29-35(3)42-14-7-8-16-44(42)48(37)31-39/h1,5-28,30-33H,3,29H2,2H3. The quantitative estimate of drug-likeness (QED) is 0.162. The molecule has 11 rings (SSSR count). The first kappa shape index (κ1) is 32.9. The number of hydrogen-bond acceptors (Lipinski definition) is 1. The Bertz CT molecular complexity index is 3350. The fourth-order valence-electron chi connectivity index (χ4n) is 9.07. The monoisotopic (exact) mass is 728 g/mol. The molecule has 0 unspecified atom stereocenters. The van der Waals surface area contributed by atoms with Gasteiger partial charge in [0.25, 0.3) is 0 Å². The van der Waals surface area contributed by atoms with E-state index >= 15 is 0 Å². The highest BCUT2D eigenvalue weighted by Gasteiger charge is 2.21. The molecule has 0 spiro atoms. The second kappa shape index (κ2) is 12.8. The number of aryl methyl sites for hydroxylation is 1. The lowest BCUT2D eigenvalue weighted by Crippen LogP contribution is -2.04. The first-order valence-corrected chi connectivity index (χ1v) is 19.4. The van der Waals surface area contributed by atoms with E-state index in [-0.39, 0.29) is 0 Å². The minimum absolute atomic E-state index is 0.788. The number of benzene rings is 8. The van der Waals surface area contributed by atoms with Gasteiger partial charge in [0.05, 0.1) is 22.1 Å². The number of terminal acetylenes is 1. The molecule has 3 nitrogen and oxygen atoms in total. The maximum absolute atomic E-state index is 6.72. The van der Waals surface area contributed by atoms with Crippen LogP contribution in [0.5, 0.6) is 11.5 Å². The summed E-state index contributed by atoms with van der Waals surface area (Å²) in [4.78, 5) is 0. The third-order valence-electron chi connectivity index (χ3n) is 11.7. The van der Waals surface area contributed by atoms with E-state index in [0.717, 1.165) is 78.8 Å². The second-order valence-corrected chi connectivity index (χ2v) is 15.0. The summed E-state index contributed by atoms with van der Waals surface area (Å²) >= 11 is 0. The van der Waals surface area contributed by atoms with Gasteiger partial charge in [0.1, 0.15) is 11.5 Å². The number of ether oxygens (including phenoxy) is 1. The SMILES string of the molecule is C#Cc1ccccc1-c1cc(-n2c3ccccc3c3cc(Oc4ccc5c(c4)c4ccccc4n5-c4ccc5c(c4)-c4ccccc4C(=C)C5)ccc32)ccc1C. The summed E-state index contributed by atoms with van der Waals surface area (Å²) in [5.74, 6) is 4.46. The predicted molar refractivity (Wildman–Crippen MR) is 238 cm³/mol. The van der Waals surface area contributed by atoms with E-state index in [1.807, 2.05) is 18.2 Å². The highest BCUT2D eigenvalue weighted by molar-refractivity contribution is 6.11. The fourth-order valence-corrected chi connectivity index (χ4v) is 9.07. The Morgan fingerprint density at radius 1 is 0.491 bits per heavy atom. The van der Waals surface area contributed by atoms with Gasteiger partial charge in [-0.3, -0.25) is 0 Å². The molecule has 57 heavy (non-hydrogen) atoms. The molecule has 3 heteroatoms. The molecule has 10 aromatic rings. The van der Waals surface area contributed by atoms with Crippen LogP contribution in [0.3, 0.4) is 0 Å². The Morgan fingerprint density at radius 2 is 1.02 bits per heavy atom. The maximum Gasteiger partial charge on any atom is 0.128 e. The lowest BCUT2D eigenvalue weighted by atomic mass is 9.83. The van der Waals surface area contributed by atoms with Crippen LogP contribution in [-0.4, -0.2) is 9.13 Å². The first-order chi connectivity index (χ1) is 28.0. The summed E-state index contributed by atoms with van der Waals surface area (Å²) in [6.45, 7) is 6.53. The van der Waals surface area contributed by atoms with Gasteiger partial charge in [0.2, 0.25) is 0 Å². The van der Waals surface area contributed by atoms with Crippen molar-refractivity contribution in [2.24, 2.45) is 0 Å². The zero-order valence-electron chi connectivity index (χ0n) is 31.5. The summed E-state index contributed by atoms with van der Waals surface area (Å²) in [7, 11) is 0. The highest BCUT2D eigenvalue weighted by Crippen LogP contribution is 2.42. The van der Waals surface area contributed by atoms with Crippen LogP contribution in [0.4, 0.5) is 0 Å². The van der Waals surface area contributed by atoms with Crippen molar-refractivity contribution in [1.82, 2.24) is 9.13 Å². The summed E-state index contributed by atoms with van der Waals surface area (Å²) in [5, 5.41) is 4.63. The molecule has 0 fully saturated rings. The fraction of sp³-hybridized carbons (Fsp3) is 0.0370. The largest absolute Gasteiger partial charge is 0.457 e. The van der Waals surface area contributed by atoms with Crippen molar-refractivity contribution in [2.45, 2.75) is 13.3 Å². The van der Waals surface area contributed by atoms with Crippen molar-refractivity contribution < 1.29 is 4.74 Å². The molecule has 1 aliphatic rings. The third-order valence-corrected chi connectivity index (χ3v) is 11.7. The number of rotatable bonds is 5. The molecule has 0 aliphatic heterocycles. The molecule has 0 bridgehead atoms. The number of allylic oxidation sites excluding steroid dienone is 1. The topological polar surface area (TPSA) is 19.1 Å². The normalized spacial score (nSPS) is 12.2. The zero-order chi connectivity index (χ0) is 38.2. The number of nitrogens with zero attached hydrogens (tertiary/aromatic N) is 2. The summed E-state index contributed by atoms with van der Waals surface area (Å²) in [6.07, 6.45) is 6.80. The molecule has 2 aromatic heterocycles. The zero-order valence-corrected chi connectivity index (χ0v) is 31.5. The smallest absolute Gasteiger partial charge is 0.128 e. The molecule has 0 saturated carbocycles. The van der Waals surface area contributed by atoms with Crippen molar-refractivity contribution in [3.63, 3.8) is 0 Å². The van der Waals surface area contributed by atoms with Crippen LogP contribution in [0.1, 0.15) is 22.3 Å². The molecule has 0 amide bonds. The average molecular weight is 729 g/mol. The molecule has 0 radical (unpaired) electrons. The van der Waals surface area contributed by atoms with Crippen molar-refractivity contribution in [3.8, 4) is 57.5 Å². The van der Waals surface area contributed by atoms with Crippen LogP contribution in [-0.2, 0) is 6.42 Å². The minimum atomic E-state index is 0.788. The van der Waals surface area contributed by atoms with Gasteiger partial charge < -0.3 is 13.9 Å². The molecule has 0 atom stereocenters. The molecular formula is C54H36N2O. The second-order valence-electron chi connectivity index (χ2n) is 15.0. The minimum Gasteiger partial charge on any atom is -0.457 e. The first-order valence-electron chi connectivity index (χ1n) is 19.4. The Kier molecular flexibility index (Phi) is 7.36. The maximum atomic E-state index is 6.72. The van der Waals surface area contributed by atoms with Crippen LogP contribution in [0, 0.1) is 19.3 Å². The van der Waals surface area contributed by atoms with E-state index in [0.29, 0.717) is 0 Å². The van der Waals surface area contributed by atoms with Crippen LogP contribution in [0.25, 0.3) is 82.8 Å². The van der Waals surface area contributed by atoms with Crippen LogP contribution < -0.4 is 4.74 Å². The van der Waals surface area contributed by atoms with E-state index in [1.54, 1.807) is 0 Å². The average Bonchev–Trinajstić information content (AvgIpc) is 3.76.